The van der Waals surface area contributed by atoms with Gasteiger partial charge in [-0.05, 0) is 37.1 Å². The standard InChI is InChI=1S/C21H30NO3/c1-17-9-5-7-11-20(17)24-16-19(15-22(3,4)13-14-23)25-21-12-8-6-10-18(21)2/h5-12,19,23H,13-16H2,1-4H3/q+1. The second-order valence-electron chi connectivity index (χ2n) is 7.15. The largest absolute Gasteiger partial charge is 0.489 e. The number of aliphatic hydroxyl groups excluding tert-OH is 1. The first-order chi connectivity index (χ1) is 11.9. The van der Waals surface area contributed by atoms with Crippen molar-refractivity contribution in [3.63, 3.8) is 0 Å². The van der Waals surface area contributed by atoms with Gasteiger partial charge in [0.15, 0.2) is 6.10 Å². The van der Waals surface area contributed by atoms with E-state index >= 15 is 0 Å². The van der Waals surface area contributed by atoms with Gasteiger partial charge in [-0.3, -0.25) is 0 Å². The van der Waals surface area contributed by atoms with Crippen molar-refractivity contribution in [2.24, 2.45) is 0 Å². The number of para-hydroxylation sites is 2. The van der Waals surface area contributed by atoms with Gasteiger partial charge in [-0.2, -0.15) is 0 Å². The summed E-state index contributed by atoms with van der Waals surface area (Å²) in [6.45, 7) is 6.13. The SMILES string of the molecule is Cc1ccccc1OCC(C[N+](C)(C)CCO)Oc1ccccc1C. The molecule has 0 fully saturated rings. The summed E-state index contributed by atoms with van der Waals surface area (Å²) in [5.41, 5.74) is 2.22. The molecule has 0 saturated heterocycles. The molecule has 1 atom stereocenters. The highest BCUT2D eigenvalue weighted by Crippen LogP contribution is 2.21. The van der Waals surface area contributed by atoms with Crippen LogP contribution >= 0.6 is 0 Å². The summed E-state index contributed by atoms with van der Waals surface area (Å²) in [5, 5.41) is 9.31. The van der Waals surface area contributed by atoms with Gasteiger partial charge in [0.2, 0.25) is 0 Å². The molecule has 0 amide bonds. The molecule has 0 bridgehead atoms. The summed E-state index contributed by atoms with van der Waals surface area (Å²) in [7, 11) is 4.19. The highest BCUT2D eigenvalue weighted by atomic mass is 16.5. The Labute approximate surface area is 151 Å². The molecule has 0 spiro atoms. The first-order valence-corrected chi connectivity index (χ1v) is 8.75. The monoisotopic (exact) mass is 344 g/mol. The molecule has 2 aromatic rings. The number of ether oxygens (including phenoxy) is 2. The molecule has 1 unspecified atom stereocenters. The zero-order chi connectivity index (χ0) is 18.3. The third-order valence-corrected chi connectivity index (χ3v) is 4.31. The van der Waals surface area contributed by atoms with E-state index in [0.29, 0.717) is 17.6 Å². The molecular formula is C21H30NO3+. The number of aliphatic hydroxyl groups is 1. The topological polar surface area (TPSA) is 38.7 Å². The predicted molar refractivity (Wildman–Crippen MR) is 101 cm³/mol. The first kappa shape index (κ1) is 19.3. The van der Waals surface area contributed by atoms with Gasteiger partial charge in [-0.15, -0.1) is 0 Å². The smallest absolute Gasteiger partial charge is 0.181 e. The molecule has 2 aromatic carbocycles. The lowest BCUT2D eigenvalue weighted by Gasteiger charge is -2.33. The van der Waals surface area contributed by atoms with Gasteiger partial charge in [0.1, 0.15) is 31.2 Å². The van der Waals surface area contributed by atoms with Crippen molar-refractivity contribution in [1.82, 2.24) is 0 Å². The quantitative estimate of drug-likeness (QED) is 0.710. The van der Waals surface area contributed by atoms with Crippen LogP contribution < -0.4 is 9.47 Å². The molecule has 0 aliphatic heterocycles. The molecule has 2 rings (SSSR count). The van der Waals surface area contributed by atoms with Crippen LogP contribution in [0.15, 0.2) is 48.5 Å². The van der Waals surface area contributed by atoms with Crippen molar-refractivity contribution in [3.05, 3.63) is 59.7 Å². The third-order valence-electron chi connectivity index (χ3n) is 4.31. The first-order valence-electron chi connectivity index (χ1n) is 8.75. The average molecular weight is 344 g/mol. The molecular weight excluding hydrogens is 314 g/mol. The second kappa shape index (κ2) is 8.88. The zero-order valence-corrected chi connectivity index (χ0v) is 15.7. The summed E-state index contributed by atoms with van der Waals surface area (Å²) >= 11 is 0. The summed E-state index contributed by atoms with van der Waals surface area (Å²) < 4.78 is 13.0. The minimum absolute atomic E-state index is 0.109. The molecule has 0 aromatic heterocycles. The Hall–Kier alpha value is -2.04. The Morgan fingerprint density at radius 3 is 2.04 bits per heavy atom. The normalized spacial score (nSPS) is 12.7. The minimum atomic E-state index is -0.109. The maximum absolute atomic E-state index is 9.31. The maximum atomic E-state index is 9.31. The number of quaternary nitrogens is 1. The van der Waals surface area contributed by atoms with Gasteiger partial charge < -0.3 is 19.1 Å². The van der Waals surface area contributed by atoms with E-state index in [1.807, 2.05) is 62.4 Å². The summed E-state index contributed by atoms with van der Waals surface area (Å²) in [6, 6.07) is 16.0. The van der Waals surface area contributed by atoms with E-state index in [9.17, 15) is 5.11 Å². The third kappa shape index (κ3) is 6.07. The van der Waals surface area contributed by atoms with Gasteiger partial charge in [0.25, 0.3) is 0 Å². The van der Waals surface area contributed by atoms with Crippen molar-refractivity contribution in [3.8, 4) is 11.5 Å². The lowest BCUT2D eigenvalue weighted by Crippen LogP contribution is -2.50. The van der Waals surface area contributed by atoms with Crippen LogP contribution in [0.2, 0.25) is 0 Å². The van der Waals surface area contributed by atoms with Crippen LogP contribution in [0.1, 0.15) is 11.1 Å². The Morgan fingerprint density at radius 1 is 0.920 bits per heavy atom. The molecule has 4 nitrogen and oxygen atoms in total. The number of nitrogens with zero attached hydrogens (tertiary/aromatic N) is 1. The predicted octanol–water partition coefficient (Wildman–Crippen LogP) is 3.20. The Morgan fingerprint density at radius 2 is 1.48 bits per heavy atom. The fourth-order valence-corrected chi connectivity index (χ4v) is 2.81. The summed E-state index contributed by atoms with van der Waals surface area (Å²) in [5.74, 6) is 1.76. The van der Waals surface area contributed by atoms with Gasteiger partial charge in [0, 0.05) is 0 Å². The van der Waals surface area contributed by atoms with Crippen molar-refractivity contribution in [1.29, 1.82) is 0 Å². The van der Waals surface area contributed by atoms with Crippen molar-refractivity contribution in [2.75, 3.05) is 40.4 Å². The van der Waals surface area contributed by atoms with Crippen LogP contribution in [0.3, 0.4) is 0 Å². The maximum Gasteiger partial charge on any atom is 0.181 e. The fourth-order valence-electron chi connectivity index (χ4n) is 2.81. The number of aryl methyl sites for hydroxylation is 2. The van der Waals surface area contributed by atoms with Crippen LogP contribution in [0.25, 0.3) is 0 Å². The van der Waals surface area contributed by atoms with Crippen molar-refractivity contribution >= 4 is 0 Å². The van der Waals surface area contributed by atoms with Crippen LogP contribution in [0, 0.1) is 13.8 Å². The zero-order valence-electron chi connectivity index (χ0n) is 15.7. The number of hydrogen-bond donors (Lipinski definition) is 1. The molecule has 25 heavy (non-hydrogen) atoms. The van der Waals surface area contributed by atoms with Crippen LogP contribution in [-0.4, -0.2) is 56.1 Å². The van der Waals surface area contributed by atoms with Gasteiger partial charge >= 0.3 is 0 Å². The number of benzene rings is 2. The molecule has 0 aliphatic rings. The molecule has 136 valence electrons. The number of rotatable bonds is 9. The van der Waals surface area contributed by atoms with E-state index in [-0.39, 0.29) is 12.7 Å². The summed E-state index contributed by atoms with van der Waals surface area (Å²) in [4.78, 5) is 0. The van der Waals surface area contributed by atoms with Gasteiger partial charge in [-0.1, -0.05) is 36.4 Å². The van der Waals surface area contributed by atoms with Crippen LogP contribution in [0.4, 0.5) is 0 Å². The second-order valence-corrected chi connectivity index (χ2v) is 7.15. The molecule has 0 radical (unpaired) electrons. The lowest BCUT2D eigenvalue weighted by molar-refractivity contribution is -0.893. The van der Waals surface area contributed by atoms with Crippen molar-refractivity contribution < 1.29 is 19.1 Å². The molecule has 1 N–H and O–H groups in total. The van der Waals surface area contributed by atoms with E-state index in [4.69, 9.17) is 9.47 Å². The van der Waals surface area contributed by atoms with Gasteiger partial charge in [-0.25, -0.2) is 0 Å². The number of likely N-dealkylation sites (N-methyl/N-ethyl adjacent to an activating group) is 1. The van der Waals surface area contributed by atoms with Crippen LogP contribution in [0.5, 0.6) is 11.5 Å². The highest BCUT2D eigenvalue weighted by molar-refractivity contribution is 5.33. The minimum Gasteiger partial charge on any atom is -0.489 e. The Kier molecular flexibility index (Phi) is 6.85. The van der Waals surface area contributed by atoms with E-state index in [2.05, 4.69) is 14.1 Å². The summed E-state index contributed by atoms with van der Waals surface area (Å²) in [6.07, 6.45) is -0.109. The molecule has 0 aliphatic carbocycles. The fraction of sp³-hybridized carbons (Fsp3) is 0.429. The lowest BCUT2D eigenvalue weighted by atomic mass is 10.2. The van der Waals surface area contributed by atoms with Crippen LogP contribution in [-0.2, 0) is 0 Å². The Balaban J connectivity index is 2.11. The molecule has 0 saturated carbocycles. The molecule has 0 heterocycles. The van der Waals surface area contributed by atoms with E-state index < -0.39 is 0 Å². The van der Waals surface area contributed by atoms with E-state index in [0.717, 1.165) is 29.2 Å². The highest BCUT2D eigenvalue weighted by Gasteiger charge is 2.24. The molecule has 4 heteroatoms. The van der Waals surface area contributed by atoms with E-state index in [1.165, 1.54) is 0 Å². The Bertz CT molecular complexity index is 670. The average Bonchev–Trinajstić information content (AvgIpc) is 2.55. The van der Waals surface area contributed by atoms with Crippen molar-refractivity contribution in [2.45, 2.75) is 20.0 Å². The van der Waals surface area contributed by atoms with Gasteiger partial charge in [0.05, 0.1) is 20.7 Å². The van der Waals surface area contributed by atoms with E-state index in [1.54, 1.807) is 0 Å². The number of hydrogen-bond acceptors (Lipinski definition) is 3.